The van der Waals surface area contributed by atoms with Crippen LogP contribution in [0.4, 0.5) is 0 Å². The Bertz CT molecular complexity index is 467. The van der Waals surface area contributed by atoms with Crippen molar-refractivity contribution in [2.24, 2.45) is 17.0 Å². The van der Waals surface area contributed by atoms with Crippen molar-refractivity contribution >= 4 is 5.71 Å². The third-order valence-electron chi connectivity index (χ3n) is 4.16. The van der Waals surface area contributed by atoms with Crippen LogP contribution in [-0.4, -0.2) is 18.0 Å². The van der Waals surface area contributed by atoms with E-state index in [0.717, 1.165) is 37.1 Å². The molecule has 1 aromatic carbocycles. The third kappa shape index (κ3) is 1.70. The molecule has 3 nitrogen and oxygen atoms in total. The van der Waals surface area contributed by atoms with Crippen molar-refractivity contribution in [1.29, 1.82) is 0 Å². The Labute approximate surface area is 101 Å². The van der Waals surface area contributed by atoms with E-state index in [1.807, 2.05) is 6.07 Å². The van der Waals surface area contributed by atoms with Gasteiger partial charge < -0.3 is 9.94 Å². The van der Waals surface area contributed by atoms with Crippen molar-refractivity contribution in [1.82, 2.24) is 0 Å². The molecule has 1 aromatic rings. The first-order chi connectivity index (χ1) is 8.31. The molecule has 1 fully saturated rings. The van der Waals surface area contributed by atoms with E-state index in [-0.39, 0.29) is 0 Å². The third-order valence-corrected chi connectivity index (χ3v) is 4.16. The summed E-state index contributed by atoms with van der Waals surface area (Å²) in [6.07, 6.45) is 4.31. The molecule has 90 valence electrons. The van der Waals surface area contributed by atoms with E-state index < -0.39 is 0 Å². The minimum absolute atomic E-state index is 0.429. The lowest BCUT2D eigenvalue weighted by Crippen LogP contribution is -2.14. The lowest BCUT2D eigenvalue weighted by Gasteiger charge is -2.13. The van der Waals surface area contributed by atoms with Crippen LogP contribution >= 0.6 is 0 Å². The Morgan fingerprint density at radius 1 is 1.18 bits per heavy atom. The lowest BCUT2D eigenvalue weighted by molar-refractivity contribution is 0.313. The zero-order chi connectivity index (χ0) is 11.8. The number of hydrogen-bond acceptors (Lipinski definition) is 3. The fourth-order valence-electron chi connectivity index (χ4n) is 3.26. The first-order valence-corrected chi connectivity index (χ1v) is 6.19. The smallest absolute Gasteiger partial charge is 0.119 e. The lowest BCUT2D eigenvalue weighted by atomic mass is 9.93. The largest absolute Gasteiger partial charge is 0.497 e. The van der Waals surface area contributed by atoms with Gasteiger partial charge in [0.15, 0.2) is 0 Å². The van der Waals surface area contributed by atoms with Gasteiger partial charge in [0.05, 0.1) is 12.8 Å². The van der Waals surface area contributed by atoms with Gasteiger partial charge >= 0.3 is 0 Å². The van der Waals surface area contributed by atoms with Gasteiger partial charge in [-0.15, -0.1) is 0 Å². The fraction of sp³-hybridized carbons (Fsp3) is 0.500. The summed E-state index contributed by atoms with van der Waals surface area (Å²) in [6, 6.07) is 6.31. The molecule has 17 heavy (non-hydrogen) atoms. The average Bonchev–Trinajstić information content (AvgIpc) is 2.64. The van der Waals surface area contributed by atoms with E-state index in [0.29, 0.717) is 11.8 Å². The highest BCUT2D eigenvalue weighted by Gasteiger charge is 2.36. The van der Waals surface area contributed by atoms with Crippen molar-refractivity contribution < 1.29 is 9.94 Å². The molecular weight excluding hydrogens is 214 g/mol. The van der Waals surface area contributed by atoms with Gasteiger partial charge in [0, 0.05) is 11.8 Å². The topological polar surface area (TPSA) is 41.8 Å². The number of rotatable bonds is 1. The molecule has 0 saturated heterocycles. The highest BCUT2D eigenvalue weighted by atomic mass is 16.5. The molecule has 0 spiro atoms. The molecule has 0 heterocycles. The van der Waals surface area contributed by atoms with Crippen LogP contribution in [-0.2, 0) is 12.8 Å². The first kappa shape index (κ1) is 10.6. The van der Waals surface area contributed by atoms with Gasteiger partial charge in [-0.3, -0.25) is 0 Å². The van der Waals surface area contributed by atoms with E-state index in [9.17, 15) is 0 Å². The van der Waals surface area contributed by atoms with E-state index >= 15 is 0 Å². The maximum atomic E-state index is 9.14. The van der Waals surface area contributed by atoms with Gasteiger partial charge in [0.25, 0.3) is 0 Å². The number of nitrogens with zero attached hydrogens (tertiary/aromatic N) is 1. The average molecular weight is 231 g/mol. The van der Waals surface area contributed by atoms with Crippen molar-refractivity contribution in [3.8, 4) is 5.75 Å². The fourth-order valence-corrected chi connectivity index (χ4v) is 3.26. The normalized spacial score (nSPS) is 28.9. The highest BCUT2D eigenvalue weighted by molar-refractivity contribution is 5.91. The Morgan fingerprint density at radius 3 is 2.53 bits per heavy atom. The van der Waals surface area contributed by atoms with Gasteiger partial charge in [-0.1, -0.05) is 11.2 Å². The number of methoxy groups -OCH3 is 1. The minimum Gasteiger partial charge on any atom is -0.497 e. The number of fused-ring (bicyclic) bond motifs is 3. The second-order valence-corrected chi connectivity index (χ2v) is 5.04. The molecule has 0 amide bonds. The molecule has 3 heteroatoms. The molecule has 2 aliphatic carbocycles. The number of benzene rings is 1. The summed E-state index contributed by atoms with van der Waals surface area (Å²) in [5.41, 5.74) is 3.76. The van der Waals surface area contributed by atoms with Crippen LogP contribution in [0.1, 0.15) is 24.0 Å². The zero-order valence-corrected chi connectivity index (χ0v) is 10.0. The van der Waals surface area contributed by atoms with E-state index in [1.54, 1.807) is 7.11 Å². The summed E-state index contributed by atoms with van der Waals surface area (Å²) in [5.74, 6) is 1.79. The van der Waals surface area contributed by atoms with Crippen LogP contribution in [0.25, 0.3) is 0 Å². The van der Waals surface area contributed by atoms with Crippen molar-refractivity contribution in [2.45, 2.75) is 25.7 Å². The number of hydrogen-bond donors (Lipinski definition) is 1. The summed E-state index contributed by atoms with van der Waals surface area (Å²) in [5, 5.41) is 12.7. The molecule has 2 unspecified atom stereocenters. The molecule has 2 bridgehead atoms. The van der Waals surface area contributed by atoms with Crippen LogP contribution in [0, 0.1) is 11.8 Å². The molecule has 2 atom stereocenters. The van der Waals surface area contributed by atoms with Crippen molar-refractivity contribution in [3.05, 3.63) is 29.3 Å². The number of ether oxygens (including phenoxy) is 1. The Hall–Kier alpha value is -1.51. The molecule has 2 aliphatic rings. The highest BCUT2D eigenvalue weighted by Crippen LogP contribution is 2.38. The van der Waals surface area contributed by atoms with Gasteiger partial charge in [0.2, 0.25) is 0 Å². The van der Waals surface area contributed by atoms with Crippen LogP contribution in [0.3, 0.4) is 0 Å². The van der Waals surface area contributed by atoms with Crippen LogP contribution in [0.15, 0.2) is 23.4 Å². The number of oxime groups is 1. The van der Waals surface area contributed by atoms with Crippen molar-refractivity contribution in [2.75, 3.05) is 7.11 Å². The van der Waals surface area contributed by atoms with Crippen LogP contribution in [0.5, 0.6) is 5.75 Å². The molecule has 1 N–H and O–H groups in total. The quantitative estimate of drug-likeness (QED) is 0.596. The van der Waals surface area contributed by atoms with Crippen LogP contribution in [0.2, 0.25) is 0 Å². The SMILES string of the molecule is COc1ccc2c(c1)CC1CCC(C2)/C1=N\O. The molecule has 3 rings (SSSR count). The van der Waals surface area contributed by atoms with Gasteiger partial charge in [-0.2, -0.15) is 0 Å². The molecular formula is C14H17NO2. The van der Waals surface area contributed by atoms with Gasteiger partial charge in [0.1, 0.15) is 5.75 Å². The monoisotopic (exact) mass is 231 g/mol. The van der Waals surface area contributed by atoms with Crippen LogP contribution < -0.4 is 4.74 Å². The summed E-state index contributed by atoms with van der Waals surface area (Å²) in [6.45, 7) is 0. The minimum atomic E-state index is 0.429. The maximum absolute atomic E-state index is 9.14. The molecule has 0 aliphatic heterocycles. The van der Waals surface area contributed by atoms with Gasteiger partial charge in [-0.05, 0) is 48.9 Å². The Balaban J connectivity index is 2.01. The molecule has 0 aromatic heterocycles. The predicted molar refractivity (Wildman–Crippen MR) is 65.8 cm³/mol. The standard InChI is InChI=1S/C14H17NO2/c1-17-13-5-4-9-6-10-2-3-11(14(10)15-16)7-12(9)8-13/h4-5,8,10-11,16H,2-3,6-7H2,1H3/b15-14+. The van der Waals surface area contributed by atoms with E-state index in [2.05, 4.69) is 17.3 Å². The van der Waals surface area contributed by atoms with Crippen molar-refractivity contribution in [3.63, 3.8) is 0 Å². The first-order valence-electron chi connectivity index (χ1n) is 6.19. The summed E-state index contributed by atoms with van der Waals surface area (Å²) < 4.78 is 5.27. The second kappa shape index (κ2) is 4.06. The Kier molecular flexibility index (Phi) is 2.54. The summed E-state index contributed by atoms with van der Waals surface area (Å²) in [4.78, 5) is 0. The maximum Gasteiger partial charge on any atom is 0.119 e. The van der Waals surface area contributed by atoms with Gasteiger partial charge in [-0.25, -0.2) is 0 Å². The summed E-state index contributed by atoms with van der Waals surface area (Å²) in [7, 11) is 1.70. The Morgan fingerprint density at radius 2 is 1.88 bits per heavy atom. The molecule has 0 radical (unpaired) electrons. The second-order valence-electron chi connectivity index (χ2n) is 5.04. The predicted octanol–water partition coefficient (Wildman–Crippen LogP) is 2.65. The zero-order valence-electron chi connectivity index (χ0n) is 10.0. The van der Waals surface area contributed by atoms with E-state index in [4.69, 9.17) is 9.94 Å². The summed E-state index contributed by atoms with van der Waals surface area (Å²) >= 11 is 0. The molecule has 1 saturated carbocycles. The van der Waals surface area contributed by atoms with E-state index in [1.165, 1.54) is 11.1 Å².